The normalized spacial score (nSPS) is 10.5. The lowest BCUT2D eigenvalue weighted by atomic mass is 10.1. The van der Waals surface area contributed by atoms with Gasteiger partial charge in [0.2, 0.25) is 0 Å². The van der Waals surface area contributed by atoms with Gasteiger partial charge in [0.05, 0.1) is 6.33 Å². The Balaban J connectivity index is 2.02. The van der Waals surface area contributed by atoms with Gasteiger partial charge in [-0.2, -0.15) is 0 Å². The summed E-state index contributed by atoms with van der Waals surface area (Å²) in [6, 6.07) is 0. The Morgan fingerprint density at radius 3 is 2.73 bits per heavy atom. The Bertz CT molecular complexity index is 267. The van der Waals surface area contributed by atoms with Crippen LogP contribution in [0.5, 0.6) is 0 Å². The number of hydrogen-bond acceptors (Lipinski definition) is 2. The molecule has 1 heterocycles. The Morgan fingerprint density at radius 1 is 1.27 bits per heavy atom. The average molecular weight is 208 g/mol. The highest BCUT2D eigenvalue weighted by Crippen LogP contribution is 2.04. The Hall–Kier alpha value is -1.12. The quantitative estimate of drug-likeness (QED) is 0.616. The number of unbranched alkanes of at least 4 members (excludes halogenated alkanes) is 2. The molecule has 0 fully saturated rings. The molecular weight excluding hydrogens is 188 g/mol. The summed E-state index contributed by atoms with van der Waals surface area (Å²) in [6.45, 7) is 3.06. The van der Waals surface area contributed by atoms with E-state index in [1.807, 2.05) is 10.8 Å². The molecule has 1 aromatic rings. The van der Waals surface area contributed by atoms with Gasteiger partial charge >= 0.3 is 0 Å². The van der Waals surface area contributed by atoms with Gasteiger partial charge in [0.25, 0.3) is 0 Å². The summed E-state index contributed by atoms with van der Waals surface area (Å²) in [4.78, 5) is 15.4. The minimum Gasteiger partial charge on any atom is -0.337 e. The van der Waals surface area contributed by atoms with Crippen LogP contribution in [0.15, 0.2) is 18.7 Å². The molecule has 0 amide bonds. The van der Waals surface area contributed by atoms with Crippen molar-refractivity contribution in [2.24, 2.45) is 0 Å². The molecule has 1 aromatic heterocycles. The first-order valence-electron chi connectivity index (χ1n) is 5.80. The molecule has 0 N–H and O–H groups in total. The monoisotopic (exact) mass is 208 g/mol. The summed E-state index contributed by atoms with van der Waals surface area (Å²) in [5, 5.41) is 0. The number of rotatable bonds is 8. The molecule has 0 spiro atoms. The van der Waals surface area contributed by atoms with Gasteiger partial charge in [0.1, 0.15) is 5.78 Å². The summed E-state index contributed by atoms with van der Waals surface area (Å²) in [6.07, 6.45) is 11.3. The molecule has 0 atom stereocenters. The lowest BCUT2D eigenvalue weighted by Crippen LogP contribution is -2.01. The fourth-order valence-electron chi connectivity index (χ4n) is 1.57. The number of aryl methyl sites for hydroxylation is 1. The molecule has 0 aliphatic heterocycles. The number of aromatic nitrogens is 2. The van der Waals surface area contributed by atoms with E-state index in [2.05, 4.69) is 11.9 Å². The number of Topliss-reactive ketones (excluding diaryl/α,β-unsaturated/α-hetero) is 1. The second-order valence-electron chi connectivity index (χ2n) is 3.90. The van der Waals surface area contributed by atoms with Crippen molar-refractivity contribution in [1.82, 2.24) is 9.55 Å². The molecule has 0 radical (unpaired) electrons. The van der Waals surface area contributed by atoms with E-state index < -0.39 is 0 Å². The molecule has 0 unspecified atom stereocenters. The molecular formula is C12H20N2O. The zero-order valence-electron chi connectivity index (χ0n) is 9.48. The molecule has 0 aliphatic carbocycles. The van der Waals surface area contributed by atoms with Crippen LogP contribution in [0.1, 0.15) is 45.4 Å². The summed E-state index contributed by atoms with van der Waals surface area (Å²) < 4.78 is 2.01. The van der Waals surface area contributed by atoms with Crippen LogP contribution in [0, 0.1) is 0 Å². The lowest BCUT2D eigenvalue weighted by Gasteiger charge is -2.01. The van der Waals surface area contributed by atoms with Crippen molar-refractivity contribution in [3.63, 3.8) is 0 Å². The third-order valence-corrected chi connectivity index (χ3v) is 2.49. The minimum absolute atomic E-state index is 0.406. The van der Waals surface area contributed by atoms with Gasteiger partial charge in [-0.25, -0.2) is 4.98 Å². The first kappa shape index (κ1) is 12.0. The second kappa shape index (κ2) is 7.21. The van der Waals surface area contributed by atoms with Crippen LogP contribution in [0.4, 0.5) is 0 Å². The van der Waals surface area contributed by atoms with E-state index in [1.165, 1.54) is 12.8 Å². The minimum atomic E-state index is 0.406. The summed E-state index contributed by atoms with van der Waals surface area (Å²) >= 11 is 0. The van der Waals surface area contributed by atoms with E-state index in [9.17, 15) is 4.79 Å². The lowest BCUT2D eigenvalue weighted by molar-refractivity contribution is -0.119. The zero-order chi connectivity index (χ0) is 10.9. The number of imidazole rings is 1. The highest BCUT2D eigenvalue weighted by molar-refractivity contribution is 5.78. The van der Waals surface area contributed by atoms with Crippen LogP contribution in [-0.2, 0) is 11.3 Å². The molecule has 1 rings (SSSR count). The topological polar surface area (TPSA) is 34.9 Å². The van der Waals surface area contributed by atoms with Gasteiger partial charge in [-0.3, -0.25) is 4.79 Å². The summed E-state index contributed by atoms with van der Waals surface area (Å²) in [5.74, 6) is 0.406. The van der Waals surface area contributed by atoms with Crippen LogP contribution in [-0.4, -0.2) is 15.3 Å². The third kappa shape index (κ3) is 5.35. The van der Waals surface area contributed by atoms with Gasteiger partial charge in [0.15, 0.2) is 0 Å². The van der Waals surface area contributed by atoms with Crippen LogP contribution in [0.2, 0.25) is 0 Å². The maximum absolute atomic E-state index is 11.4. The molecule has 0 aliphatic rings. The summed E-state index contributed by atoms with van der Waals surface area (Å²) in [5.41, 5.74) is 0. The average Bonchev–Trinajstić information content (AvgIpc) is 2.71. The van der Waals surface area contributed by atoms with Gasteiger partial charge in [-0.05, 0) is 12.8 Å². The van der Waals surface area contributed by atoms with E-state index in [4.69, 9.17) is 0 Å². The van der Waals surface area contributed by atoms with E-state index >= 15 is 0 Å². The smallest absolute Gasteiger partial charge is 0.132 e. The first-order chi connectivity index (χ1) is 7.33. The van der Waals surface area contributed by atoms with Crippen molar-refractivity contribution in [2.45, 2.75) is 52.0 Å². The maximum Gasteiger partial charge on any atom is 0.132 e. The van der Waals surface area contributed by atoms with Crippen LogP contribution in [0.25, 0.3) is 0 Å². The molecule has 0 aromatic carbocycles. The Kier molecular flexibility index (Phi) is 5.74. The van der Waals surface area contributed by atoms with E-state index in [0.717, 1.165) is 25.8 Å². The molecule has 3 nitrogen and oxygen atoms in total. The highest BCUT2D eigenvalue weighted by Gasteiger charge is 2.01. The fraction of sp³-hybridized carbons (Fsp3) is 0.667. The van der Waals surface area contributed by atoms with Gasteiger partial charge in [-0.15, -0.1) is 0 Å². The van der Waals surface area contributed by atoms with E-state index in [0.29, 0.717) is 12.2 Å². The van der Waals surface area contributed by atoms with Crippen molar-refractivity contribution in [3.05, 3.63) is 18.7 Å². The number of carbonyl (C=O) groups excluding carboxylic acids is 1. The molecule has 0 saturated carbocycles. The predicted octanol–water partition coefficient (Wildman–Crippen LogP) is 2.81. The largest absolute Gasteiger partial charge is 0.337 e. The van der Waals surface area contributed by atoms with E-state index in [1.54, 1.807) is 12.5 Å². The highest BCUT2D eigenvalue weighted by atomic mass is 16.1. The Labute approximate surface area is 91.5 Å². The van der Waals surface area contributed by atoms with Crippen LogP contribution < -0.4 is 0 Å². The second-order valence-corrected chi connectivity index (χ2v) is 3.90. The zero-order valence-corrected chi connectivity index (χ0v) is 9.48. The van der Waals surface area contributed by atoms with Gasteiger partial charge in [-0.1, -0.05) is 19.8 Å². The molecule has 0 saturated heterocycles. The molecule has 0 bridgehead atoms. The van der Waals surface area contributed by atoms with Gasteiger partial charge in [0, 0.05) is 31.8 Å². The fourth-order valence-corrected chi connectivity index (χ4v) is 1.57. The standard InChI is InChI=1S/C12H20N2O/c1-2-3-4-6-12(15)7-5-9-14-10-8-13-11-14/h8,10-11H,2-7,9H2,1H3. The number of carbonyl (C=O) groups is 1. The summed E-state index contributed by atoms with van der Waals surface area (Å²) in [7, 11) is 0. The number of hydrogen-bond donors (Lipinski definition) is 0. The van der Waals surface area contributed by atoms with Crippen molar-refractivity contribution >= 4 is 5.78 Å². The Morgan fingerprint density at radius 2 is 2.07 bits per heavy atom. The van der Waals surface area contributed by atoms with Crippen molar-refractivity contribution in [1.29, 1.82) is 0 Å². The van der Waals surface area contributed by atoms with Crippen molar-refractivity contribution in [3.8, 4) is 0 Å². The molecule has 15 heavy (non-hydrogen) atoms. The van der Waals surface area contributed by atoms with Crippen molar-refractivity contribution in [2.75, 3.05) is 0 Å². The SMILES string of the molecule is CCCCCC(=O)CCCn1ccnc1. The molecule has 3 heteroatoms. The maximum atomic E-state index is 11.4. The van der Waals surface area contributed by atoms with Crippen LogP contribution in [0.3, 0.4) is 0 Å². The van der Waals surface area contributed by atoms with Crippen molar-refractivity contribution < 1.29 is 4.79 Å². The van der Waals surface area contributed by atoms with E-state index in [-0.39, 0.29) is 0 Å². The van der Waals surface area contributed by atoms with Gasteiger partial charge < -0.3 is 4.57 Å². The first-order valence-corrected chi connectivity index (χ1v) is 5.80. The molecule has 84 valence electrons. The third-order valence-electron chi connectivity index (χ3n) is 2.49. The number of nitrogens with zero attached hydrogens (tertiary/aromatic N) is 2. The van der Waals surface area contributed by atoms with Crippen LogP contribution >= 0.6 is 0 Å². The predicted molar refractivity (Wildman–Crippen MR) is 60.6 cm³/mol. The number of ketones is 1.